The quantitative estimate of drug-likeness (QED) is 0.821. The number of nitrogens with two attached hydrogens (primary N) is 1. The van der Waals surface area contributed by atoms with Crippen LogP contribution in [0, 0.1) is 0 Å². The van der Waals surface area contributed by atoms with Crippen molar-refractivity contribution in [3.63, 3.8) is 0 Å². The van der Waals surface area contributed by atoms with Gasteiger partial charge in [0.05, 0.1) is 0 Å². The number of rotatable bonds is 7. The highest BCUT2D eigenvalue weighted by Gasteiger charge is 2.19. The third kappa shape index (κ3) is 4.55. The third-order valence-corrected chi connectivity index (χ3v) is 3.78. The zero-order valence-electron chi connectivity index (χ0n) is 13.6. The summed E-state index contributed by atoms with van der Waals surface area (Å²) in [5.74, 6) is -0.859. The molecule has 0 fully saturated rings. The van der Waals surface area contributed by atoms with Gasteiger partial charge in [0.25, 0.3) is 11.5 Å². The largest absolute Gasteiger partial charge is 0.370 e. The SMILES string of the molecule is Cn1cccc(C(=O)N(CCC(N)=O)CCc2ccccc2)c1=O. The Morgan fingerprint density at radius 3 is 2.46 bits per heavy atom. The maximum absolute atomic E-state index is 12.7. The molecular formula is C18H21N3O3. The monoisotopic (exact) mass is 327 g/mol. The van der Waals surface area contributed by atoms with Gasteiger partial charge in [0.2, 0.25) is 5.91 Å². The molecule has 0 aliphatic heterocycles. The van der Waals surface area contributed by atoms with Crippen LogP contribution in [0.25, 0.3) is 0 Å². The van der Waals surface area contributed by atoms with Gasteiger partial charge in [-0.05, 0) is 24.1 Å². The Morgan fingerprint density at radius 2 is 1.79 bits per heavy atom. The van der Waals surface area contributed by atoms with Crippen LogP contribution in [0.2, 0.25) is 0 Å². The van der Waals surface area contributed by atoms with E-state index in [1.807, 2.05) is 30.3 Å². The minimum Gasteiger partial charge on any atom is -0.370 e. The van der Waals surface area contributed by atoms with E-state index in [9.17, 15) is 14.4 Å². The lowest BCUT2D eigenvalue weighted by Gasteiger charge is -2.22. The van der Waals surface area contributed by atoms with Crippen molar-refractivity contribution >= 4 is 11.8 Å². The van der Waals surface area contributed by atoms with Gasteiger partial charge in [-0.2, -0.15) is 0 Å². The zero-order chi connectivity index (χ0) is 17.5. The maximum atomic E-state index is 12.7. The van der Waals surface area contributed by atoms with Crippen molar-refractivity contribution in [3.8, 4) is 0 Å². The lowest BCUT2D eigenvalue weighted by Crippen LogP contribution is -2.39. The van der Waals surface area contributed by atoms with E-state index in [-0.39, 0.29) is 30.0 Å². The van der Waals surface area contributed by atoms with Crippen molar-refractivity contribution in [2.45, 2.75) is 12.8 Å². The second kappa shape index (κ2) is 8.10. The molecule has 1 heterocycles. The number of primary amides is 1. The molecule has 0 spiro atoms. The van der Waals surface area contributed by atoms with E-state index in [2.05, 4.69) is 0 Å². The van der Waals surface area contributed by atoms with Crippen LogP contribution in [0.4, 0.5) is 0 Å². The van der Waals surface area contributed by atoms with Gasteiger partial charge in [0, 0.05) is 32.8 Å². The lowest BCUT2D eigenvalue weighted by atomic mass is 10.1. The van der Waals surface area contributed by atoms with Crippen molar-refractivity contribution < 1.29 is 9.59 Å². The van der Waals surface area contributed by atoms with Gasteiger partial charge in [-0.15, -0.1) is 0 Å². The van der Waals surface area contributed by atoms with E-state index < -0.39 is 5.91 Å². The molecule has 6 heteroatoms. The van der Waals surface area contributed by atoms with E-state index in [1.165, 1.54) is 15.5 Å². The molecule has 2 amide bonds. The third-order valence-electron chi connectivity index (χ3n) is 3.78. The van der Waals surface area contributed by atoms with Crippen LogP contribution in [0.15, 0.2) is 53.5 Å². The second-order valence-electron chi connectivity index (χ2n) is 5.58. The zero-order valence-corrected chi connectivity index (χ0v) is 13.6. The first kappa shape index (κ1) is 17.5. The van der Waals surface area contributed by atoms with Crippen molar-refractivity contribution in [3.05, 3.63) is 70.1 Å². The molecule has 0 saturated carbocycles. The summed E-state index contributed by atoms with van der Waals surface area (Å²) in [7, 11) is 1.59. The highest BCUT2D eigenvalue weighted by molar-refractivity contribution is 5.94. The number of carbonyl (C=O) groups excluding carboxylic acids is 2. The van der Waals surface area contributed by atoms with Crippen LogP contribution in [0.5, 0.6) is 0 Å². The highest BCUT2D eigenvalue weighted by Crippen LogP contribution is 2.06. The van der Waals surface area contributed by atoms with Gasteiger partial charge in [-0.3, -0.25) is 14.4 Å². The summed E-state index contributed by atoms with van der Waals surface area (Å²) in [4.78, 5) is 37.4. The van der Waals surface area contributed by atoms with Gasteiger partial charge in [-0.25, -0.2) is 0 Å². The summed E-state index contributed by atoms with van der Waals surface area (Å²) in [6, 6.07) is 12.9. The van der Waals surface area contributed by atoms with Gasteiger partial charge in [0.1, 0.15) is 5.56 Å². The van der Waals surface area contributed by atoms with Crippen LogP contribution in [-0.4, -0.2) is 34.4 Å². The fourth-order valence-electron chi connectivity index (χ4n) is 2.40. The topological polar surface area (TPSA) is 85.4 Å². The van der Waals surface area contributed by atoms with Crippen molar-refractivity contribution in [2.75, 3.05) is 13.1 Å². The Bertz CT molecular complexity index is 769. The number of benzene rings is 1. The normalized spacial score (nSPS) is 10.4. The predicted molar refractivity (Wildman–Crippen MR) is 91.5 cm³/mol. The van der Waals surface area contributed by atoms with Crippen LogP contribution in [-0.2, 0) is 18.3 Å². The Balaban J connectivity index is 2.18. The minimum atomic E-state index is -0.478. The van der Waals surface area contributed by atoms with Crippen LogP contribution in [0.1, 0.15) is 22.3 Å². The summed E-state index contributed by atoms with van der Waals surface area (Å²) >= 11 is 0. The summed E-state index contributed by atoms with van der Waals surface area (Å²) in [6.45, 7) is 0.604. The molecule has 126 valence electrons. The van der Waals surface area contributed by atoms with E-state index in [1.54, 1.807) is 19.3 Å². The summed E-state index contributed by atoms with van der Waals surface area (Å²) in [5, 5.41) is 0. The molecule has 0 unspecified atom stereocenters. The molecule has 0 bridgehead atoms. The van der Waals surface area contributed by atoms with Gasteiger partial charge >= 0.3 is 0 Å². The van der Waals surface area contributed by atoms with Crippen molar-refractivity contribution in [2.24, 2.45) is 12.8 Å². The molecule has 0 radical (unpaired) electrons. The molecule has 2 aromatic rings. The van der Waals surface area contributed by atoms with Gasteiger partial charge < -0.3 is 15.2 Å². The van der Waals surface area contributed by atoms with Gasteiger partial charge in [-0.1, -0.05) is 30.3 Å². The van der Waals surface area contributed by atoms with Crippen LogP contribution >= 0.6 is 0 Å². The summed E-state index contributed by atoms with van der Waals surface area (Å²) in [5.41, 5.74) is 6.02. The van der Waals surface area contributed by atoms with E-state index >= 15 is 0 Å². The second-order valence-corrected chi connectivity index (χ2v) is 5.58. The van der Waals surface area contributed by atoms with E-state index in [0.717, 1.165) is 5.56 Å². The Labute approximate surface area is 140 Å². The van der Waals surface area contributed by atoms with Crippen LogP contribution in [0.3, 0.4) is 0 Å². The average molecular weight is 327 g/mol. The number of aryl methyl sites for hydroxylation is 1. The molecule has 24 heavy (non-hydrogen) atoms. The van der Waals surface area contributed by atoms with E-state index in [4.69, 9.17) is 5.73 Å². The number of pyridine rings is 1. The number of amides is 2. The first-order valence-electron chi connectivity index (χ1n) is 7.76. The molecule has 2 rings (SSSR count). The maximum Gasteiger partial charge on any atom is 0.263 e. The molecule has 2 N–H and O–H groups in total. The standard InChI is InChI=1S/C18H21N3O3/c1-20-11-5-8-15(17(20)23)18(24)21(13-10-16(19)22)12-9-14-6-3-2-4-7-14/h2-8,11H,9-10,12-13H2,1H3,(H2,19,22). The number of hydrogen-bond acceptors (Lipinski definition) is 3. The number of aromatic nitrogens is 1. The average Bonchev–Trinajstić information content (AvgIpc) is 2.57. The highest BCUT2D eigenvalue weighted by atomic mass is 16.2. The molecule has 0 atom stereocenters. The van der Waals surface area contributed by atoms with Crippen molar-refractivity contribution in [1.29, 1.82) is 0 Å². The van der Waals surface area contributed by atoms with Crippen LogP contribution < -0.4 is 11.3 Å². The molecule has 1 aromatic heterocycles. The first-order chi connectivity index (χ1) is 11.5. The number of hydrogen-bond donors (Lipinski definition) is 1. The molecular weight excluding hydrogens is 306 g/mol. The van der Waals surface area contributed by atoms with Gasteiger partial charge in [0.15, 0.2) is 0 Å². The minimum absolute atomic E-state index is 0.0632. The lowest BCUT2D eigenvalue weighted by molar-refractivity contribution is -0.118. The van der Waals surface area contributed by atoms with E-state index in [0.29, 0.717) is 13.0 Å². The predicted octanol–water partition coefficient (Wildman–Crippen LogP) is 0.946. The fraction of sp³-hybridized carbons (Fsp3) is 0.278. The molecule has 6 nitrogen and oxygen atoms in total. The Hall–Kier alpha value is -2.89. The number of carbonyl (C=O) groups is 2. The molecule has 1 aromatic carbocycles. The Morgan fingerprint density at radius 1 is 1.08 bits per heavy atom. The number of nitrogens with zero attached hydrogens (tertiary/aromatic N) is 2. The fourth-order valence-corrected chi connectivity index (χ4v) is 2.40. The smallest absolute Gasteiger partial charge is 0.263 e. The summed E-state index contributed by atoms with van der Waals surface area (Å²) in [6.07, 6.45) is 2.29. The Kier molecular flexibility index (Phi) is 5.89. The molecule has 0 aliphatic carbocycles. The summed E-state index contributed by atoms with van der Waals surface area (Å²) < 4.78 is 1.36. The molecule has 0 aliphatic rings. The van der Waals surface area contributed by atoms with Crippen molar-refractivity contribution in [1.82, 2.24) is 9.47 Å². The first-order valence-corrected chi connectivity index (χ1v) is 7.76. The molecule has 0 saturated heterocycles.